The molecule has 3 heteroatoms. The summed E-state index contributed by atoms with van der Waals surface area (Å²) in [6, 6.07) is 11.9. The molecule has 0 amide bonds. The van der Waals surface area contributed by atoms with Gasteiger partial charge in [-0.25, -0.2) is 4.39 Å². The zero-order chi connectivity index (χ0) is 14.7. The van der Waals surface area contributed by atoms with Crippen molar-refractivity contribution >= 4 is 15.9 Å². The van der Waals surface area contributed by atoms with Crippen LogP contribution in [0.15, 0.2) is 40.9 Å². The van der Waals surface area contributed by atoms with Gasteiger partial charge in [0.05, 0.1) is 4.47 Å². The Kier molecular flexibility index (Phi) is 4.95. The summed E-state index contributed by atoms with van der Waals surface area (Å²) in [4.78, 5) is 0. The first kappa shape index (κ1) is 15.2. The van der Waals surface area contributed by atoms with Gasteiger partial charge in [-0.1, -0.05) is 24.3 Å². The highest BCUT2D eigenvalue weighted by Gasteiger charge is 2.12. The number of likely N-dealkylation sites (N-methyl/N-ethyl adjacent to an activating group) is 1. The van der Waals surface area contributed by atoms with E-state index < -0.39 is 0 Å². The summed E-state index contributed by atoms with van der Waals surface area (Å²) >= 11 is 3.24. The summed E-state index contributed by atoms with van der Waals surface area (Å²) in [5, 5.41) is 3.34. The van der Waals surface area contributed by atoms with Crippen molar-refractivity contribution in [3.63, 3.8) is 0 Å². The SMILES string of the molecule is CNC(Cc1ccc(F)c(Br)c1)c1ccc(C)c(C)c1. The number of rotatable bonds is 4. The van der Waals surface area contributed by atoms with Crippen LogP contribution >= 0.6 is 15.9 Å². The first-order valence-corrected chi connectivity index (χ1v) is 7.49. The number of benzene rings is 2. The second-order valence-corrected chi connectivity index (χ2v) is 5.99. The first-order chi connectivity index (χ1) is 9.51. The zero-order valence-electron chi connectivity index (χ0n) is 12.0. The Labute approximate surface area is 128 Å². The summed E-state index contributed by atoms with van der Waals surface area (Å²) in [7, 11) is 1.96. The first-order valence-electron chi connectivity index (χ1n) is 6.69. The van der Waals surface area contributed by atoms with E-state index >= 15 is 0 Å². The Morgan fingerprint density at radius 2 is 1.85 bits per heavy atom. The molecule has 2 aromatic carbocycles. The van der Waals surface area contributed by atoms with Gasteiger partial charge < -0.3 is 5.32 Å². The Bertz CT molecular complexity index is 610. The summed E-state index contributed by atoms with van der Waals surface area (Å²) in [5.41, 5.74) is 4.96. The molecular formula is C17H19BrFN. The van der Waals surface area contributed by atoms with Crippen LogP contribution < -0.4 is 5.32 Å². The van der Waals surface area contributed by atoms with E-state index in [9.17, 15) is 4.39 Å². The van der Waals surface area contributed by atoms with E-state index in [2.05, 4.69) is 53.3 Å². The predicted molar refractivity (Wildman–Crippen MR) is 85.5 cm³/mol. The van der Waals surface area contributed by atoms with Crippen molar-refractivity contribution in [3.8, 4) is 0 Å². The summed E-state index contributed by atoms with van der Waals surface area (Å²) in [6.45, 7) is 4.24. The maximum Gasteiger partial charge on any atom is 0.137 e. The third kappa shape index (κ3) is 3.47. The van der Waals surface area contributed by atoms with Gasteiger partial charge in [0.15, 0.2) is 0 Å². The van der Waals surface area contributed by atoms with Gasteiger partial charge in [0.2, 0.25) is 0 Å². The van der Waals surface area contributed by atoms with Gasteiger partial charge >= 0.3 is 0 Å². The van der Waals surface area contributed by atoms with Crippen molar-refractivity contribution in [1.29, 1.82) is 0 Å². The average molecular weight is 336 g/mol. The highest BCUT2D eigenvalue weighted by Crippen LogP contribution is 2.23. The Hall–Kier alpha value is -1.19. The third-order valence-corrected chi connectivity index (χ3v) is 4.31. The number of nitrogens with one attached hydrogen (secondary N) is 1. The normalized spacial score (nSPS) is 12.4. The molecule has 1 N–H and O–H groups in total. The monoisotopic (exact) mass is 335 g/mol. The van der Waals surface area contributed by atoms with E-state index in [-0.39, 0.29) is 11.9 Å². The second kappa shape index (κ2) is 6.51. The zero-order valence-corrected chi connectivity index (χ0v) is 13.6. The molecule has 0 spiro atoms. The smallest absolute Gasteiger partial charge is 0.137 e. The fourth-order valence-corrected chi connectivity index (χ4v) is 2.70. The van der Waals surface area contributed by atoms with Crippen LogP contribution in [0.5, 0.6) is 0 Å². The van der Waals surface area contributed by atoms with Gasteiger partial charge in [-0.3, -0.25) is 0 Å². The average Bonchev–Trinajstić information content (AvgIpc) is 2.43. The molecule has 2 rings (SSSR count). The highest BCUT2D eigenvalue weighted by molar-refractivity contribution is 9.10. The van der Waals surface area contributed by atoms with Crippen LogP contribution in [0, 0.1) is 19.7 Å². The molecule has 1 nitrogen and oxygen atoms in total. The molecule has 0 bridgehead atoms. The number of aryl methyl sites for hydroxylation is 2. The molecule has 2 aromatic rings. The Morgan fingerprint density at radius 3 is 2.45 bits per heavy atom. The molecule has 0 aliphatic heterocycles. The molecule has 106 valence electrons. The molecule has 0 aliphatic carbocycles. The lowest BCUT2D eigenvalue weighted by Gasteiger charge is -2.18. The molecule has 0 fully saturated rings. The third-order valence-electron chi connectivity index (χ3n) is 3.71. The van der Waals surface area contributed by atoms with E-state index in [0.29, 0.717) is 4.47 Å². The van der Waals surface area contributed by atoms with E-state index in [4.69, 9.17) is 0 Å². The lowest BCUT2D eigenvalue weighted by molar-refractivity contribution is 0.587. The minimum Gasteiger partial charge on any atom is -0.313 e. The van der Waals surface area contributed by atoms with Gasteiger partial charge in [-0.2, -0.15) is 0 Å². The van der Waals surface area contributed by atoms with Crippen LogP contribution in [-0.4, -0.2) is 7.05 Å². The molecule has 0 aromatic heterocycles. The van der Waals surface area contributed by atoms with Crippen molar-refractivity contribution in [2.45, 2.75) is 26.3 Å². The van der Waals surface area contributed by atoms with E-state index in [1.807, 2.05) is 19.2 Å². The van der Waals surface area contributed by atoms with E-state index in [1.165, 1.54) is 22.8 Å². The van der Waals surface area contributed by atoms with Gasteiger partial charge in [0, 0.05) is 6.04 Å². The van der Waals surface area contributed by atoms with Crippen LogP contribution in [-0.2, 0) is 6.42 Å². The number of halogens is 2. The maximum absolute atomic E-state index is 13.3. The second-order valence-electron chi connectivity index (χ2n) is 5.14. The molecule has 0 heterocycles. The van der Waals surface area contributed by atoms with Crippen molar-refractivity contribution in [2.75, 3.05) is 7.05 Å². The van der Waals surface area contributed by atoms with Crippen LogP contribution in [0.3, 0.4) is 0 Å². The van der Waals surface area contributed by atoms with Crippen molar-refractivity contribution in [3.05, 3.63) is 68.9 Å². The predicted octanol–water partition coefficient (Wildman–Crippen LogP) is 4.71. The molecule has 0 saturated heterocycles. The summed E-state index contributed by atoms with van der Waals surface area (Å²) in [5.74, 6) is -0.221. The molecule has 0 radical (unpaired) electrons. The van der Waals surface area contributed by atoms with E-state index in [1.54, 1.807) is 0 Å². The van der Waals surface area contributed by atoms with Gasteiger partial charge in [0.1, 0.15) is 5.82 Å². The standard InChI is InChI=1S/C17H19BrFN/c1-11-4-6-14(8-12(11)2)17(20-3)10-13-5-7-16(19)15(18)9-13/h4-9,17,20H,10H2,1-3H3. The summed E-state index contributed by atoms with van der Waals surface area (Å²) < 4.78 is 13.8. The molecular weight excluding hydrogens is 317 g/mol. The minimum absolute atomic E-state index is 0.221. The maximum atomic E-state index is 13.3. The number of hydrogen-bond acceptors (Lipinski definition) is 1. The topological polar surface area (TPSA) is 12.0 Å². The lowest BCUT2D eigenvalue weighted by Crippen LogP contribution is -2.19. The number of hydrogen-bond donors (Lipinski definition) is 1. The van der Waals surface area contributed by atoms with Crippen molar-refractivity contribution in [2.24, 2.45) is 0 Å². The Balaban J connectivity index is 2.23. The highest BCUT2D eigenvalue weighted by atomic mass is 79.9. The van der Waals surface area contributed by atoms with Crippen LogP contribution in [0.4, 0.5) is 4.39 Å². The van der Waals surface area contributed by atoms with Gasteiger partial charge in [-0.15, -0.1) is 0 Å². The van der Waals surface area contributed by atoms with Crippen LogP contribution in [0.1, 0.15) is 28.3 Å². The molecule has 1 unspecified atom stereocenters. The molecule has 1 atom stereocenters. The fraction of sp³-hybridized carbons (Fsp3) is 0.294. The van der Waals surface area contributed by atoms with E-state index in [0.717, 1.165) is 12.0 Å². The van der Waals surface area contributed by atoms with Crippen molar-refractivity contribution < 1.29 is 4.39 Å². The van der Waals surface area contributed by atoms with Crippen LogP contribution in [0.2, 0.25) is 0 Å². The lowest BCUT2D eigenvalue weighted by atomic mass is 9.96. The fourth-order valence-electron chi connectivity index (χ4n) is 2.27. The molecule has 0 aliphatic rings. The molecule has 0 saturated carbocycles. The largest absolute Gasteiger partial charge is 0.313 e. The quantitative estimate of drug-likeness (QED) is 0.853. The van der Waals surface area contributed by atoms with Crippen LogP contribution in [0.25, 0.3) is 0 Å². The van der Waals surface area contributed by atoms with Gasteiger partial charge in [0.25, 0.3) is 0 Å². The summed E-state index contributed by atoms with van der Waals surface area (Å²) in [6.07, 6.45) is 0.831. The Morgan fingerprint density at radius 1 is 1.10 bits per heavy atom. The van der Waals surface area contributed by atoms with Crippen molar-refractivity contribution in [1.82, 2.24) is 5.32 Å². The minimum atomic E-state index is -0.221. The molecule has 20 heavy (non-hydrogen) atoms. The van der Waals surface area contributed by atoms with Gasteiger partial charge in [-0.05, 0) is 77.6 Å².